The van der Waals surface area contributed by atoms with Crippen LogP contribution in [0.2, 0.25) is 0 Å². The molecule has 1 amide bonds. The Kier molecular flexibility index (Phi) is 4.87. The van der Waals surface area contributed by atoms with E-state index in [0.717, 1.165) is 32.6 Å². The van der Waals surface area contributed by atoms with Crippen molar-refractivity contribution >= 4 is 18.3 Å². The molecule has 88 valence electrons. The van der Waals surface area contributed by atoms with Crippen molar-refractivity contribution in [2.24, 2.45) is 11.8 Å². The molecule has 2 atom stereocenters. The number of likely N-dealkylation sites (tertiary alicyclic amines) is 1. The highest BCUT2D eigenvalue weighted by Gasteiger charge is 2.31. The molecule has 15 heavy (non-hydrogen) atoms. The molecule has 3 nitrogen and oxygen atoms in total. The zero-order chi connectivity index (χ0) is 9.97. The summed E-state index contributed by atoms with van der Waals surface area (Å²) >= 11 is 0. The van der Waals surface area contributed by atoms with Crippen molar-refractivity contribution in [1.29, 1.82) is 0 Å². The average Bonchev–Trinajstić information content (AvgIpc) is 2.70. The maximum Gasteiger partial charge on any atom is 0.226 e. The van der Waals surface area contributed by atoms with E-state index in [9.17, 15) is 4.79 Å². The fourth-order valence-electron chi connectivity index (χ4n) is 2.55. The number of amides is 1. The maximum absolute atomic E-state index is 12.1. The number of carbonyl (C=O) groups is 1. The summed E-state index contributed by atoms with van der Waals surface area (Å²) in [6.45, 7) is 6.19. The standard InChI is InChI=1S/C11H20N2O.ClH/c1-9-8-12-5-4-10(9)11(14)13-6-2-3-7-13;/h9-10,12H,2-8H2,1H3;1H/t9-,10+;/m1./s1. The van der Waals surface area contributed by atoms with Gasteiger partial charge in [0.15, 0.2) is 0 Å². The van der Waals surface area contributed by atoms with Crippen LogP contribution in [0, 0.1) is 11.8 Å². The second kappa shape index (κ2) is 5.71. The van der Waals surface area contributed by atoms with E-state index < -0.39 is 0 Å². The number of nitrogens with one attached hydrogen (secondary N) is 1. The Morgan fingerprint density at radius 1 is 1.33 bits per heavy atom. The number of hydrogen-bond acceptors (Lipinski definition) is 2. The fraction of sp³-hybridized carbons (Fsp3) is 0.909. The molecule has 2 fully saturated rings. The van der Waals surface area contributed by atoms with Gasteiger partial charge < -0.3 is 10.2 Å². The minimum absolute atomic E-state index is 0. The van der Waals surface area contributed by atoms with Gasteiger partial charge in [-0.05, 0) is 38.3 Å². The van der Waals surface area contributed by atoms with E-state index in [1.165, 1.54) is 12.8 Å². The van der Waals surface area contributed by atoms with E-state index in [-0.39, 0.29) is 18.3 Å². The molecule has 2 aliphatic rings. The van der Waals surface area contributed by atoms with Gasteiger partial charge in [-0.15, -0.1) is 12.4 Å². The molecular weight excluding hydrogens is 212 g/mol. The van der Waals surface area contributed by atoms with Crippen LogP contribution in [0.4, 0.5) is 0 Å². The minimum atomic E-state index is 0. The first kappa shape index (κ1) is 12.8. The monoisotopic (exact) mass is 232 g/mol. The summed E-state index contributed by atoms with van der Waals surface area (Å²) in [7, 11) is 0. The van der Waals surface area contributed by atoms with E-state index in [1.54, 1.807) is 0 Å². The largest absolute Gasteiger partial charge is 0.342 e. The van der Waals surface area contributed by atoms with Gasteiger partial charge in [-0.2, -0.15) is 0 Å². The van der Waals surface area contributed by atoms with Crippen LogP contribution in [0.1, 0.15) is 26.2 Å². The Hall–Kier alpha value is -0.280. The first-order chi connectivity index (χ1) is 6.79. The summed E-state index contributed by atoms with van der Waals surface area (Å²) in [6.07, 6.45) is 3.42. The number of rotatable bonds is 1. The van der Waals surface area contributed by atoms with E-state index in [0.29, 0.717) is 11.8 Å². The first-order valence-corrected chi connectivity index (χ1v) is 5.78. The third-order valence-corrected chi connectivity index (χ3v) is 3.52. The highest BCUT2D eigenvalue weighted by Crippen LogP contribution is 2.23. The second-order valence-corrected chi connectivity index (χ2v) is 4.61. The Balaban J connectivity index is 0.00000112. The van der Waals surface area contributed by atoms with E-state index in [2.05, 4.69) is 17.1 Å². The predicted molar refractivity (Wildman–Crippen MR) is 63.2 cm³/mol. The average molecular weight is 233 g/mol. The number of halogens is 1. The third kappa shape index (κ3) is 2.85. The van der Waals surface area contributed by atoms with Gasteiger partial charge >= 0.3 is 0 Å². The smallest absolute Gasteiger partial charge is 0.226 e. The van der Waals surface area contributed by atoms with Crippen molar-refractivity contribution in [1.82, 2.24) is 10.2 Å². The molecule has 2 saturated heterocycles. The van der Waals surface area contributed by atoms with Crippen LogP contribution in [-0.4, -0.2) is 37.0 Å². The van der Waals surface area contributed by atoms with E-state index >= 15 is 0 Å². The highest BCUT2D eigenvalue weighted by molar-refractivity contribution is 5.85. The third-order valence-electron chi connectivity index (χ3n) is 3.52. The van der Waals surface area contributed by atoms with Crippen LogP contribution in [0.3, 0.4) is 0 Å². The molecule has 2 rings (SSSR count). The fourth-order valence-corrected chi connectivity index (χ4v) is 2.55. The molecule has 0 unspecified atom stereocenters. The summed E-state index contributed by atoms with van der Waals surface area (Å²) in [4.78, 5) is 14.2. The highest BCUT2D eigenvalue weighted by atomic mass is 35.5. The van der Waals surface area contributed by atoms with Crippen molar-refractivity contribution in [2.45, 2.75) is 26.2 Å². The summed E-state index contributed by atoms with van der Waals surface area (Å²) in [5.41, 5.74) is 0. The molecule has 0 radical (unpaired) electrons. The molecule has 0 saturated carbocycles. The lowest BCUT2D eigenvalue weighted by molar-refractivity contribution is -0.136. The van der Waals surface area contributed by atoms with Crippen LogP contribution in [0.5, 0.6) is 0 Å². The van der Waals surface area contributed by atoms with Crippen LogP contribution in [0.15, 0.2) is 0 Å². The summed E-state index contributed by atoms with van der Waals surface area (Å²) < 4.78 is 0. The normalized spacial score (nSPS) is 31.1. The van der Waals surface area contributed by atoms with Crippen LogP contribution >= 0.6 is 12.4 Å². The molecular formula is C11H21ClN2O. The number of hydrogen-bond donors (Lipinski definition) is 1. The Morgan fingerprint density at radius 2 is 2.00 bits per heavy atom. The lowest BCUT2D eigenvalue weighted by Crippen LogP contribution is -2.44. The van der Waals surface area contributed by atoms with E-state index in [1.807, 2.05) is 0 Å². The minimum Gasteiger partial charge on any atom is -0.342 e. The molecule has 0 aromatic carbocycles. The van der Waals surface area contributed by atoms with Crippen molar-refractivity contribution in [3.63, 3.8) is 0 Å². The SMILES string of the molecule is C[C@@H]1CNCC[C@@H]1C(=O)N1CCCC1.Cl. The molecule has 0 aliphatic carbocycles. The molecule has 0 aromatic heterocycles. The van der Waals surface area contributed by atoms with Gasteiger partial charge in [0, 0.05) is 19.0 Å². The van der Waals surface area contributed by atoms with Crippen LogP contribution in [-0.2, 0) is 4.79 Å². The van der Waals surface area contributed by atoms with Gasteiger partial charge in [0.25, 0.3) is 0 Å². The molecule has 1 N–H and O–H groups in total. The van der Waals surface area contributed by atoms with Crippen molar-refractivity contribution < 1.29 is 4.79 Å². The predicted octanol–water partition coefficient (Wildman–Crippen LogP) is 1.28. The molecule has 4 heteroatoms. The van der Waals surface area contributed by atoms with Gasteiger partial charge in [-0.1, -0.05) is 6.92 Å². The molecule has 0 aromatic rings. The number of carbonyl (C=O) groups excluding carboxylic acids is 1. The first-order valence-electron chi connectivity index (χ1n) is 5.78. The number of nitrogens with zero attached hydrogens (tertiary/aromatic N) is 1. The Morgan fingerprint density at radius 3 is 2.60 bits per heavy atom. The second-order valence-electron chi connectivity index (χ2n) is 4.61. The summed E-state index contributed by atoms with van der Waals surface area (Å²) in [5, 5.41) is 3.34. The summed E-state index contributed by atoms with van der Waals surface area (Å²) in [5.74, 6) is 1.21. The van der Waals surface area contributed by atoms with Gasteiger partial charge in [-0.25, -0.2) is 0 Å². The quantitative estimate of drug-likeness (QED) is 0.739. The Bertz CT molecular complexity index is 217. The lowest BCUT2D eigenvalue weighted by atomic mass is 9.87. The van der Waals surface area contributed by atoms with Gasteiger partial charge in [0.1, 0.15) is 0 Å². The van der Waals surface area contributed by atoms with Crippen molar-refractivity contribution in [3.8, 4) is 0 Å². The van der Waals surface area contributed by atoms with Crippen LogP contribution < -0.4 is 5.32 Å². The van der Waals surface area contributed by atoms with Crippen LogP contribution in [0.25, 0.3) is 0 Å². The van der Waals surface area contributed by atoms with Crippen molar-refractivity contribution in [2.75, 3.05) is 26.2 Å². The molecule has 2 aliphatic heterocycles. The maximum atomic E-state index is 12.1. The topological polar surface area (TPSA) is 32.3 Å². The summed E-state index contributed by atoms with van der Waals surface area (Å²) in [6, 6.07) is 0. The molecule has 0 spiro atoms. The number of piperidine rings is 1. The zero-order valence-corrected chi connectivity index (χ0v) is 10.2. The zero-order valence-electron chi connectivity index (χ0n) is 9.37. The molecule has 2 heterocycles. The van der Waals surface area contributed by atoms with Gasteiger partial charge in [0.2, 0.25) is 5.91 Å². The van der Waals surface area contributed by atoms with E-state index in [4.69, 9.17) is 0 Å². The van der Waals surface area contributed by atoms with Gasteiger partial charge in [0.05, 0.1) is 0 Å². The Labute approximate surface area is 98.0 Å². The van der Waals surface area contributed by atoms with Crippen molar-refractivity contribution in [3.05, 3.63) is 0 Å². The molecule has 0 bridgehead atoms. The lowest BCUT2D eigenvalue weighted by Gasteiger charge is -2.31. The van der Waals surface area contributed by atoms with Gasteiger partial charge in [-0.3, -0.25) is 4.79 Å².